The molecule has 0 radical (unpaired) electrons. The van der Waals surface area contributed by atoms with E-state index in [0.717, 1.165) is 24.4 Å². The molecule has 1 rings (SSSR count). The van der Waals surface area contributed by atoms with Crippen molar-refractivity contribution < 1.29 is 0 Å². The van der Waals surface area contributed by atoms with Gasteiger partial charge in [0, 0.05) is 12.2 Å². The minimum Gasteiger partial charge on any atom is -0.323 e. The molecular formula is C12H21N3. The summed E-state index contributed by atoms with van der Waals surface area (Å²) in [4.78, 5) is 8.40. The van der Waals surface area contributed by atoms with Crippen molar-refractivity contribution in [2.75, 3.05) is 0 Å². The first kappa shape index (κ1) is 12.1. The maximum absolute atomic E-state index is 6.08. The lowest BCUT2D eigenvalue weighted by atomic mass is 9.88. The van der Waals surface area contributed by atoms with Crippen LogP contribution in [0.5, 0.6) is 0 Å². The predicted octanol–water partition coefficient (Wildman–Crippen LogP) is 2.61. The Hall–Kier alpha value is -0.960. The highest BCUT2D eigenvalue weighted by Gasteiger charge is 2.14. The summed E-state index contributed by atoms with van der Waals surface area (Å²) in [5.41, 5.74) is 7.36. The SMILES string of the molecule is Cc1nccc(C(N)CCC(C)(C)C)n1. The lowest BCUT2D eigenvalue weighted by Crippen LogP contribution is -2.16. The highest BCUT2D eigenvalue weighted by Crippen LogP contribution is 2.25. The van der Waals surface area contributed by atoms with Crippen molar-refractivity contribution in [2.45, 2.75) is 46.6 Å². The Morgan fingerprint density at radius 3 is 2.60 bits per heavy atom. The Labute approximate surface area is 92.1 Å². The Morgan fingerprint density at radius 1 is 1.40 bits per heavy atom. The van der Waals surface area contributed by atoms with E-state index < -0.39 is 0 Å². The third kappa shape index (κ3) is 4.38. The van der Waals surface area contributed by atoms with Gasteiger partial charge < -0.3 is 5.73 Å². The smallest absolute Gasteiger partial charge is 0.125 e. The molecule has 3 heteroatoms. The van der Waals surface area contributed by atoms with Crippen LogP contribution in [0.2, 0.25) is 0 Å². The average Bonchev–Trinajstić information content (AvgIpc) is 2.13. The van der Waals surface area contributed by atoms with Crippen LogP contribution in [0.25, 0.3) is 0 Å². The molecule has 0 spiro atoms. The fraction of sp³-hybridized carbons (Fsp3) is 0.667. The van der Waals surface area contributed by atoms with Crippen molar-refractivity contribution in [1.82, 2.24) is 9.97 Å². The summed E-state index contributed by atoms with van der Waals surface area (Å²) in [6.45, 7) is 8.57. The maximum Gasteiger partial charge on any atom is 0.125 e. The maximum atomic E-state index is 6.08. The molecule has 0 saturated carbocycles. The third-order valence-corrected chi connectivity index (χ3v) is 2.38. The van der Waals surface area contributed by atoms with Crippen LogP contribution < -0.4 is 5.73 Å². The van der Waals surface area contributed by atoms with Gasteiger partial charge in [-0.25, -0.2) is 9.97 Å². The molecule has 84 valence electrons. The third-order valence-electron chi connectivity index (χ3n) is 2.38. The molecule has 15 heavy (non-hydrogen) atoms. The molecule has 0 fully saturated rings. The van der Waals surface area contributed by atoms with Crippen LogP contribution in [-0.2, 0) is 0 Å². The van der Waals surface area contributed by atoms with Crippen molar-refractivity contribution in [3.63, 3.8) is 0 Å². The van der Waals surface area contributed by atoms with E-state index in [4.69, 9.17) is 5.73 Å². The van der Waals surface area contributed by atoms with Crippen LogP contribution in [-0.4, -0.2) is 9.97 Å². The number of hydrogen-bond acceptors (Lipinski definition) is 3. The van der Waals surface area contributed by atoms with Gasteiger partial charge in [0.15, 0.2) is 0 Å². The molecule has 0 aromatic carbocycles. The van der Waals surface area contributed by atoms with Gasteiger partial charge in [-0.05, 0) is 31.2 Å². The molecule has 1 unspecified atom stereocenters. The lowest BCUT2D eigenvalue weighted by molar-refractivity contribution is 0.348. The molecule has 2 N–H and O–H groups in total. The summed E-state index contributed by atoms with van der Waals surface area (Å²) >= 11 is 0. The van der Waals surface area contributed by atoms with Gasteiger partial charge >= 0.3 is 0 Å². The van der Waals surface area contributed by atoms with Crippen LogP contribution in [0, 0.1) is 12.3 Å². The second kappa shape index (κ2) is 4.71. The topological polar surface area (TPSA) is 51.8 Å². The van der Waals surface area contributed by atoms with E-state index in [0.29, 0.717) is 5.41 Å². The summed E-state index contributed by atoms with van der Waals surface area (Å²) < 4.78 is 0. The van der Waals surface area contributed by atoms with Gasteiger partial charge in [0.25, 0.3) is 0 Å². The summed E-state index contributed by atoms with van der Waals surface area (Å²) in [6, 6.07) is 1.94. The Morgan fingerprint density at radius 2 is 2.07 bits per heavy atom. The van der Waals surface area contributed by atoms with E-state index in [1.807, 2.05) is 13.0 Å². The molecule has 1 aromatic heterocycles. The van der Waals surface area contributed by atoms with Crippen LogP contribution >= 0.6 is 0 Å². The summed E-state index contributed by atoms with van der Waals surface area (Å²) in [7, 11) is 0. The second-order valence-electron chi connectivity index (χ2n) is 5.23. The quantitative estimate of drug-likeness (QED) is 0.829. The molecule has 3 nitrogen and oxygen atoms in total. The predicted molar refractivity (Wildman–Crippen MR) is 62.4 cm³/mol. The fourth-order valence-corrected chi connectivity index (χ4v) is 1.42. The van der Waals surface area contributed by atoms with E-state index in [-0.39, 0.29) is 6.04 Å². The highest BCUT2D eigenvalue weighted by molar-refractivity contribution is 5.06. The van der Waals surface area contributed by atoms with E-state index >= 15 is 0 Å². The molecule has 1 atom stereocenters. The van der Waals surface area contributed by atoms with Crippen LogP contribution in [0.1, 0.15) is 51.2 Å². The first-order valence-electron chi connectivity index (χ1n) is 5.43. The molecule has 0 aliphatic rings. The van der Waals surface area contributed by atoms with Crippen LogP contribution in [0.4, 0.5) is 0 Å². The first-order chi connectivity index (χ1) is 6.88. The molecule has 1 aromatic rings. The minimum absolute atomic E-state index is 0.0333. The van der Waals surface area contributed by atoms with Gasteiger partial charge in [0.2, 0.25) is 0 Å². The molecule has 0 amide bonds. The Balaban J connectivity index is 2.58. The zero-order valence-electron chi connectivity index (χ0n) is 10.1. The van der Waals surface area contributed by atoms with Crippen molar-refractivity contribution in [3.8, 4) is 0 Å². The highest BCUT2D eigenvalue weighted by atomic mass is 14.9. The van der Waals surface area contributed by atoms with Gasteiger partial charge in [0.05, 0.1) is 5.69 Å². The van der Waals surface area contributed by atoms with E-state index in [2.05, 4.69) is 30.7 Å². The van der Waals surface area contributed by atoms with Crippen molar-refractivity contribution in [1.29, 1.82) is 0 Å². The largest absolute Gasteiger partial charge is 0.323 e. The van der Waals surface area contributed by atoms with Crippen LogP contribution in [0.3, 0.4) is 0 Å². The van der Waals surface area contributed by atoms with Gasteiger partial charge in [-0.1, -0.05) is 20.8 Å². The van der Waals surface area contributed by atoms with Gasteiger partial charge in [-0.2, -0.15) is 0 Å². The average molecular weight is 207 g/mol. The summed E-state index contributed by atoms with van der Waals surface area (Å²) in [6.07, 6.45) is 3.85. The lowest BCUT2D eigenvalue weighted by Gasteiger charge is -2.20. The van der Waals surface area contributed by atoms with Crippen molar-refractivity contribution >= 4 is 0 Å². The summed E-state index contributed by atoms with van der Waals surface area (Å²) in [5, 5.41) is 0. The minimum atomic E-state index is 0.0333. The number of rotatable bonds is 3. The first-order valence-corrected chi connectivity index (χ1v) is 5.43. The van der Waals surface area contributed by atoms with Crippen molar-refractivity contribution in [2.24, 2.45) is 11.1 Å². The molecular weight excluding hydrogens is 186 g/mol. The standard InChI is InChI=1S/C12H21N3/c1-9-14-8-6-11(15-9)10(13)5-7-12(2,3)4/h6,8,10H,5,7,13H2,1-4H3. The van der Waals surface area contributed by atoms with E-state index in [1.165, 1.54) is 0 Å². The second-order valence-corrected chi connectivity index (χ2v) is 5.23. The normalized spacial score (nSPS) is 13.9. The molecule has 0 aliphatic carbocycles. The van der Waals surface area contributed by atoms with E-state index in [9.17, 15) is 0 Å². The molecule has 0 saturated heterocycles. The van der Waals surface area contributed by atoms with E-state index in [1.54, 1.807) is 6.20 Å². The van der Waals surface area contributed by atoms with Crippen LogP contribution in [0.15, 0.2) is 12.3 Å². The Kier molecular flexibility index (Phi) is 3.80. The molecule has 0 aliphatic heterocycles. The van der Waals surface area contributed by atoms with Crippen molar-refractivity contribution in [3.05, 3.63) is 23.8 Å². The Bertz CT molecular complexity index is 315. The summed E-state index contributed by atoms with van der Waals surface area (Å²) in [5.74, 6) is 0.790. The zero-order chi connectivity index (χ0) is 11.5. The number of aromatic nitrogens is 2. The van der Waals surface area contributed by atoms with Gasteiger partial charge in [-0.15, -0.1) is 0 Å². The fourth-order valence-electron chi connectivity index (χ4n) is 1.42. The monoisotopic (exact) mass is 207 g/mol. The molecule has 1 heterocycles. The number of aryl methyl sites for hydroxylation is 1. The van der Waals surface area contributed by atoms with Gasteiger partial charge in [0.1, 0.15) is 5.82 Å². The van der Waals surface area contributed by atoms with Gasteiger partial charge in [-0.3, -0.25) is 0 Å². The number of nitrogens with two attached hydrogens (primary N) is 1. The zero-order valence-corrected chi connectivity index (χ0v) is 10.1. The molecule has 0 bridgehead atoms. The number of hydrogen-bond donors (Lipinski definition) is 1. The number of nitrogens with zero attached hydrogens (tertiary/aromatic N) is 2.